The van der Waals surface area contributed by atoms with Crippen molar-refractivity contribution in [1.82, 2.24) is 9.97 Å². The molecule has 1 heterocycles. The SMILES string of the molecule is O=CCc1cc(-c2cncnc2)c(F)cc1O. The number of phenols is 1. The maximum atomic E-state index is 13.7. The summed E-state index contributed by atoms with van der Waals surface area (Å²) >= 11 is 0. The maximum absolute atomic E-state index is 13.7. The molecule has 0 saturated heterocycles. The number of benzene rings is 1. The molecule has 0 bridgehead atoms. The molecule has 0 fully saturated rings. The van der Waals surface area contributed by atoms with Crippen LogP contribution in [0.5, 0.6) is 5.75 Å². The molecule has 0 aliphatic rings. The molecule has 0 unspecified atom stereocenters. The van der Waals surface area contributed by atoms with Crippen LogP contribution in [0.3, 0.4) is 0 Å². The number of halogens is 1. The fraction of sp³-hybridized carbons (Fsp3) is 0.0833. The molecule has 1 aromatic heterocycles. The molecule has 4 nitrogen and oxygen atoms in total. The third-order valence-electron chi connectivity index (χ3n) is 2.34. The molecular formula is C12H9FN2O2. The first-order valence-corrected chi connectivity index (χ1v) is 4.92. The minimum Gasteiger partial charge on any atom is -0.508 e. The van der Waals surface area contributed by atoms with Crippen molar-refractivity contribution in [3.63, 3.8) is 0 Å². The van der Waals surface area contributed by atoms with Gasteiger partial charge in [0.05, 0.1) is 0 Å². The minimum atomic E-state index is -0.577. The molecule has 0 atom stereocenters. The minimum absolute atomic E-state index is 0.0345. The van der Waals surface area contributed by atoms with E-state index in [0.29, 0.717) is 17.4 Å². The Bertz CT molecular complexity index is 544. The van der Waals surface area contributed by atoms with Gasteiger partial charge < -0.3 is 9.90 Å². The smallest absolute Gasteiger partial charge is 0.134 e. The zero-order valence-electron chi connectivity index (χ0n) is 8.80. The first-order valence-electron chi connectivity index (χ1n) is 4.92. The van der Waals surface area contributed by atoms with Gasteiger partial charge in [0.25, 0.3) is 0 Å². The number of phenolic OH excluding ortho intramolecular Hbond substituents is 1. The molecule has 2 aromatic rings. The van der Waals surface area contributed by atoms with Crippen molar-refractivity contribution in [3.8, 4) is 16.9 Å². The second-order valence-corrected chi connectivity index (χ2v) is 3.46. The number of hydrogen-bond acceptors (Lipinski definition) is 4. The Morgan fingerprint density at radius 2 is 2.00 bits per heavy atom. The standard InChI is InChI=1S/C12H9FN2O2/c13-11-4-12(17)8(1-2-16)3-10(11)9-5-14-7-15-6-9/h2-7,17H,1H2. The zero-order valence-corrected chi connectivity index (χ0v) is 8.80. The molecule has 0 spiro atoms. The van der Waals surface area contributed by atoms with E-state index in [1.165, 1.54) is 24.8 Å². The van der Waals surface area contributed by atoms with E-state index in [0.717, 1.165) is 6.07 Å². The fourth-order valence-electron chi connectivity index (χ4n) is 1.52. The lowest BCUT2D eigenvalue weighted by atomic mass is 10.0. The molecule has 1 N–H and O–H groups in total. The van der Waals surface area contributed by atoms with Gasteiger partial charge in [0.2, 0.25) is 0 Å². The molecule has 0 amide bonds. The molecule has 86 valence electrons. The Balaban J connectivity index is 2.54. The lowest BCUT2D eigenvalue weighted by molar-refractivity contribution is -0.107. The van der Waals surface area contributed by atoms with Gasteiger partial charge in [-0.25, -0.2) is 14.4 Å². The van der Waals surface area contributed by atoms with Gasteiger partial charge in [-0.3, -0.25) is 0 Å². The van der Waals surface area contributed by atoms with Gasteiger partial charge in [0.15, 0.2) is 0 Å². The molecule has 0 aliphatic heterocycles. The van der Waals surface area contributed by atoms with Crippen molar-refractivity contribution < 1.29 is 14.3 Å². The number of aromatic nitrogens is 2. The predicted octanol–water partition coefficient (Wildman–Crippen LogP) is 1.73. The van der Waals surface area contributed by atoms with Crippen LogP contribution in [0.25, 0.3) is 11.1 Å². The Morgan fingerprint density at radius 1 is 1.29 bits per heavy atom. The quantitative estimate of drug-likeness (QED) is 0.818. The highest BCUT2D eigenvalue weighted by Crippen LogP contribution is 2.28. The van der Waals surface area contributed by atoms with Crippen LogP contribution < -0.4 is 0 Å². The second-order valence-electron chi connectivity index (χ2n) is 3.46. The van der Waals surface area contributed by atoms with Gasteiger partial charge in [0, 0.05) is 41.6 Å². The van der Waals surface area contributed by atoms with Gasteiger partial charge in [0.1, 0.15) is 24.2 Å². The first-order chi connectivity index (χ1) is 8.22. The van der Waals surface area contributed by atoms with Crippen molar-refractivity contribution >= 4 is 6.29 Å². The van der Waals surface area contributed by atoms with Gasteiger partial charge in [-0.15, -0.1) is 0 Å². The van der Waals surface area contributed by atoms with Crippen molar-refractivity contribution in [2.45, 2.75) is 6.42 Å². The summed E-state index contributed by atoms with van der Waals surface area (Å²) < 4.78 is 13.7. The van der Waals surface area contributed by atoms with E-state index in [-0.39, 0.29) is 17.7 Å². The van der Waals surface area contributed by atoms with Gasteiger partial charge in [-0.1, -0.05) is 0 Å². The van der Waals surface area contributed by atoms with E-state index in [1.54, 1.807) is 0 Å². The zero-order chi connectivity index (χ0) is 12.3. The number of hydrogen-bond donors (Lipinski definition) is 1. The Hall–Kier alpha value is -2.30. The summed E-state index contributed by atoms with van der Waals surface area (Å²) in [6.07, 6.45) is 4.96. The van der Waals surface area contributed by atoms with E-state index in [4.69, 9.17) is 0 Å². The molecule has 17 heavy (non-hydrogen) atoms. The highest BCUT2D eigenvalue weighted by Gasteiger charge is 2.11. The van der Waals surface area contributed by atoms with Crippen molar-refractivity contribution in [2.75, 3.05) is 0 Å². The van der Waals surface area contributed by atoms with Crippen LogP contribution in [0.1, 0.15) is 5.56 Å². The van der Waals surface area contributed by atoms with E-state index >= 15 is 0 Å². The number of aromatic hydroxyl groups is 1. The summed E-state index contributed by atoms with van der Waals surface area (Å²) in [6.45, 7) is 0. The summed E-state index contributed by atoms with van der Waals surface area (Å²) in [5, 5.41) is 9.46. The van der Waals surface area contributed by atoms with Gasteiger partial charge in [-0.2, -0.15) is 0 Å². The monoisotopic (exact) mass is 232 g/mol. The Kier molecular flexibility index (Phi) is 3.09. The van der Waals surface area contributed by atoms with E-state index in [1.807, 2.05) is 0 Å². The van der Waals surface area contributed by atoms with Crippen LogP contribution in [0.15, 0.2) is 30.9 Å². The van der Waals surface area contributed by atoms with Crippen LogP contribution in [0.4, 0.5) is 4.39 Å². The summed E-state index contributed by atoms with van der Waals surface area (Å²) in [4.78, 5) is 18.0. The molecule has 0 radical (unpaired) electrons. The molecular weight excluding hydrogens is 223 g/mol. The fourth-order valence-corrected chi connectivity index (χ4v) is 1.52. The number of carbonyl (C=O) groups is 1. The number of aldehydes is 1. The number of carbonyl (C=O) groups excluding carboxylic acids is 1. The number of rotatable bonds is 3. The predicted molar refractivity (Wildman–Crippen MR) is 58.9 cm³/mol. The summed E-state index contributed by atoms with van der Waals surface area (Å²) in [5.74, 6) is -0.804. The largest absolute Gasteiger partial charge is 0.508 e. The molecule has 2 rings (SSSR count). The van der Waals surface area contributed by atoms with Crippen molar-refractivity contribution in [2.24, 2.45) is 0 Å². The van der Waals surface area contributed by atoms with Gasteiger partial charge >= 0.3 is 0 Å². The van der Waals surface area contributed by atoms with Crippen LogP contribution in [-0.4, -0.2) is 21.4 Å². The van der Waals surface area contributed by atoms with E-state index in [2.05, 4.69) is 9.97 Å². The van der Waals surface area contributed by atoms with Crippen LogP contribution in [0.2, 0.25) is 0 Å². The topological polar surface area (TPSA) is 63.1 Å². The average molecular weight is 232 g/mol. The van der Waals surface area contributed by atoms with Crippen LogP contribution >= 0.6 is 0 Å². The normalized spacial score (nSPS) is 10.2. The van der Waals surface area contributed by atoms with Crippen molar-refractivity contribution in [1.29, 1.82) is 0 Å². The summed E-state index contributed by atoms with van der Waals surface area (Å²) in [7, 11) is 0. The lowest BCUT2D eigenvalue weighted by Crippen LogP contribution is -1.93. The summed E-state index contributed by atoms with van der Waals surface area (Å²) in [6, 6.07) is 2.42. The first kappa shape index (κ1) is 11.2. The van der Waals surface area contributed by atoms with Crippen molar-refractivity contribution in [3.05, 3.63) is 42.2 Å². The maximum Gasteiger partial charge on any atom is 0.134 e. The van der Waals surface area contributed by atoms with E-state index < -0.39 is 5.82 Å². The number of nitrogens with zero attached hydrogens (tertiary/aromatic N) is 2. The molecule has 0 aliphatic carbocycles. The van der Waals surface area contributed by atoms with Gasteiger partial charge in [-0.05, 0) is 6.07 Å². The highest BCUT2D eigenvalue weighted by atomic mass is 19.1. The molecule has 1 aromatic carbocycles. The second kappa shape index (κ2) is 4.69. The Labute approximate surface area is 96.8 Å². The molecule has 5 heteroatoms. The third-order valence-corrected chi connectivity index (χ3v) is 2.34. The van der Waals surface area contributed by atoms with E-state index in [9.17, 15) is 14.3 Å². The lowest BCUT2D eigenvalue weighted by Gasteiger charge is -2.07. The summed E-state index contributed by atoms with van der Waals surface area (Å²) in [5.41, 5.74) is 1.14. The highest BCUT2D eigenvalue weighted by molar-refractivity contribution is 5.67. The Morgan fingerprint density at radius 3 is 2.65 bits per heavy atom. The third kappa shape index (κ3) is 2.28. The van der Waals surface area contributed by atoms with Crippen LogP contribution in [0, 0.1) is 5.82 Å². The average Bonchev–Trinajstić information content (AvgIpc) is 2.34. The van der Waals surface area contributed by atoms with Crippen LogP contribution in [-0.2, 0) is 11.2 Å². The molecule has 0 saturated carbocycles.